The van der Waals surface area contributed by atoms with E-state index < -0.39 is 0 Å². The molecule has 0 amide bonds. The van der Waals surface area contributed by atoms with Crippen molar-refractivity contribution in [2.24, 2.45) is 35.0 Å². The molecule has 2 fully saturated rings. The summed E-state index contributed by atoms with van der Waals surface area (Å²) in [5.41, 5.74) is 0.601. The lowest BCUT2D eigenvalue weighted by molar-refractivity contribution is -0.0868. The van der Waals surface area contributed by atoms with E-state index in [2.05, 4.69) is 92.9 Å². The van der Waals surface area contributed by atoms with Crippen LogP contribution in [0.25, 0.3) is 0 Å². The first-order valence-electron chi connectivity index (χ1n) is 11.3. The molecule has 2 saturated heterocycles. The van der Waals surface area contributed by atoms with Gasteiger partial charge in [0.05, 0.1) is 0 Å². The third-order valence-electron chi connectivity index (χ3n) is 7.47. The number of likely N-dealkylation sites (tertiary alicyclic amines) is 2. The zero-order valence-electron chi connectivity index (χ0n) is 20.1. The monoisotopic (exact) mass is 398 g/mol. The number of hydrogen-bond acceptors (Lipinski definition) is 2. The van der Waals surface area contributed by atoms with Crippen LogP contribution in [0.15, 0.2) is 0 Å². The Labute approximate surface area is 180 Å². The fourth-order valence-electron chi connectivity index (χ4n) is 5.09. The highest BCUT2D eigenvalue weighted by atomic mass is 15.3. The van der Waals surface area contributed by atoms with E-state index in [1.54, 1.807) is 0 Å². The van der Waals surface area contributed by atoms with E-state index in [1.807, 2.05) is 0 Å². The number of nitrogens with zero attached hydrogens (tertiary/aromatic N) is 2. The summed E-state index contributed by atoms with van der Waals surface area (Å²) in [5.74, 6) is 4.23. The molecule has 2 rings (SSSR count). The molecular formula is C26H58N2. The highest BCUT2D eigenvalue weighted by Crippen LogP contribution is 2.44. The van der Waals surface area contributed by atoms with Crippen LogP contribution < -0.4 is 0 Å². The summed E-state index contributed by atoms with van der Waals surface area (Å²) in [7, 11) is 0. The zero-order chi connectivity index (χ0) is 20.4. The van der Waals surface area contributed by atoms with Crippen LogP contribution in [0.4, 0.5) is 0 Å². The first-order valence-corrected chi connectivity index (χ1v) is 11.3. The number of hydrogen-bond donors (Lipinski definition) is 0. The largest absolute Gasteiger partial charge is 0.300 e. The average molecular weight is 399 g/mol. The van der Waals surface area contributed by atoms with E-state index in [9.17, 15) is 0 Å². The van der Waals surface area contributed by atoms with Crippen molar-refractivity contribution in [2.75, 3.05) is 19.6 Å². The van der Waals surface area contributed by atoms with Gasteiger partial charge in [-0.05, 0) is 57.3 Å². The van der Waals surface area contributed by atoms with Crippen molar-refractivity contribution in [2.45, 2.75) is 116 Å². The van der Waals surface area contributed by atoms with Crippen molar-refractivity contribution in [3.63, 3.8) is 0 Å². The SMILES string of the molecule is C.C.CC(C)C1CN(C(C)C)C1C(C)C.CC(C)N1CC(C(C)C)(C(C)C)C1. The van der Waals surface area contributed by atoms with Crippen LogP contribution >= 0.6 is 0 Å². The number of rotatable bonds is 6. The van der Waals surface area contributed by atoms with Crippen molar-refractivity contribution in [1.82, 2.24) is 9.80 Å². The van der Waals surface area contributed by atoms with Gasteiger partial charge >= 0.3 is 0 Å². The Hall–Kier alpha value is -0.0800. The molecule has 2 atom stereocenters. The normalized spacial score (nSPS) is 24.6. The van der Waals surface area contributed by atoms with Gasteiger partial charge in [0.15, 0.2) is 0 Å². The minimum absolute atomic E-state index is 0. The Morgan fingerprint density at radius 1 is 0.643 bits per heavy atom. The summed E-state index contributed by atoms with van der Waals surface area (Å²) < 4.78 is 0. The Morgan fingerprint density at radius 3 is 1.32 bits per heavy atom. The van der Waals surface area contributed by atoms with Crippen LogP contribution in [0.3, 0.4) is 0 Å². The third kappa shape index (κ3) is 6.46. The van der Waals surface area contributed by atoms with Crippen LogP contribution in [-0.4, -0.2) is 47.6 Å². The maximum absolute atomic E-state index is 2.65. The second kappa shape index (κ2) is 11.9. The summed E-state index contributed by atoms with van der Waals surface area (Å²) >= 11 is 0. The molecule has 2 aliphatic rings. The minimum Gasteiger partial charge on any atom is -0.300 e. The lowest BCUT2D eigenvalue weighted by Gasteiger charge is -2.57. The molecule has 0 aromatic carbocycles. The quantitative estimate of drug-likeness (QED) is 0.463. The second-order valence-electron chi connectivity index (χ2n) is 11.0. The summed E-state index contributed by atoms with van der Waals surface area (Å²) in [6.45, 7) is 32.1. The Bertz CT molecular complexity index is 379. The molecule has 2 aliphatic heterocycles. The summed E-state index contributed by atoms with van der Waals surface area (Å²) in [4.78, 5) is 5.23. The molecule has 0 aliphatic carbocycles. The van der Waals surface area contributed by atoms with Crippen LogP contribution in [0.2, 0.25) is 0 Å². The highest BCUT2D eigenvalue weighted by Gasteiger charge is 2.47. The third-order valence-corrected chi connectivity index (χ3v) is 7.47. The van der Waals surface area contributed by atoms with Gasteiger partial charge in [0.2, 0.25) is 0 Å². The molecule has 2 unspecified atom stereocenters. The lowest BCUT2D eigenvalue weighted by Crippen LogP contribution is -2.63. The Kier molecular flexibility index (Phi) is 12.8. The highest BCUT2D eigenvalue weighted by molar-refractivity contribution is 5.00. The molecule has 172 valence electrons. The van der Waals surface area contributed by atoms with E-state index in [1.165, 1.54) is 19.6 Å². The molecule has 0 aromatic rings. The smallest absolute Gasteiger partial charge is 0.0164 e. The molecule has 0 radical (unpaired) electrons. The van der Waals surface area contributed by atoms with E-state index >= 15 is 0 Å². The summed E-state index contributed by atoms with van der Waals surface area (Å²) in [5, 5.41) is 0. The molecule has 0 aromatic heterocycles. The van der Waals surface area contributed by atoms with Gasteiger partial charge in [-0.2, -0.15) is 0 Å². The Morgan fingerprint density at radius 2 is 1.07 bits per heavy atom. The first kappa shape index (κ1) is 30.1. The van der Waals surface area contributed by atoms with Gasteiger partial charge in [0, 0.05) is 43.2 Å². The predicted molar refractivity (Wildman–Crippen MR) is 131 cm³/mol. The molecular weight excluding hydrogens is 340 g/mol. The Balaban J connectivity index is 0. The van der Waals surface area contributed by atoms with Crippen molar-refractivity contribution in [3.05, 3.63) is 0 Å². The van der Waals surface area contributed by atoms with Gasteiger partial charge < -0.3 is 0 Å². The molecule has 2 heterocycles. The van der Waals surface area contributed by atoms with Gasteiger partial charge in [-0.3, -0.25) is 9.80 Å². The molecule has 2 heteroatoms. The van der Waals surface area contributed by atoms with Gasteiger partial charge in [-0.1, -0.05) is 70.2 Å². The molecule has 0 bridgehead atoms. The van der Waals surface area contributed by atoms with Crippen LogP contribution in [0, 0.1) is 35.0 Å². The van der Waals surface area contributed by atoms with Crippen molar-refractivity contribution in [1.29, 1.82) is 0 Å². The molecule has 2 nitrogen and oxygen atoms in total. The molecule has 28 heavy (non-hydrogen) atoms. The summed E-state index contributed by atoms with van der Waals surface area (Å²) in [6, 6.07) is 2.29. The molecule has 0 saturated carbocycles. The fourth-order valence-corrected chi connectivity index (χ4v) is 5.09. The van der Waals surface area contributed by atoms with E-state index in [-0.39, 0.29) is 14.9 Å². The van der Waals surface area contributed by atoms with Gasteiger partial charge in [-0.15, -0.1) is 0 Å². The van der Waals surface area contributed by atoms with Crippen LogP contribution in [0.1, 0.15) is 97.9 Å². The standard InChI is InChI=1S/2C12H25N.2CH4/c1-9(2)12(10(3)4)7-13(8-12)11(5)6;1-8(2)11-7-13(10(5)6)12(11)9(3)4;;/h9-11H,7-8H2,1-6H3;8-12H,7H2,1-6H3;2*1H4. The van der Waals surface area contributed by atoms with E-state index in [4.69, 9.17) is 0 Å². The van der Waals surface area contributed by atoms with Crippen LogP contribution in [0.5, 0.6) is 0 Å². The van der Waals surface area contributed by atoms with Crippen molar-refractivity contribution in [3.8, 4) is 0 Å². The molecule has 0 N–H and O–H groups in total. The van der Waals surface area contributed by atoms with Gasteiger partial charge in [-0.25, -0.2) is 0 Å². The topological polar surface area (TPSA) is 6.48 Å². The zero-order valence-corrected chi connectivity index (χ0v) is 20.1. The van der Waals surface area contributed by atoms with Gasteiger partial charge in [0.25, 0.3) is 0 Å². The first-order chi connectivity index (χ1) is 11.8. The average Bonchev–Trinajstić information content (AvgIpc) is 2.33. The molecule has 0 spiro atoms. The minimum atomic E-state index is 0. The maximum Gasteiger partial charge on any atom is 0.0164 e. The second-order valence-corrected chi connectivity index (χ2v) is 11.0. The fraction of sp³-hybridized carbons (Fsp3) is 1.00. The van der Waals surface area contributed by atoms with E-state index in [0.717, 1.165) is 47.7 Å². The van der Waals surface area contributed by atoms with Crippen molar-refractivity contribution >= 4 is 0 Å². The summed E-state index contributed by atoms with van der Waals surface area (Å²) in [6.07, 6.45) is 0. The van der Waals surface area contributed by atoms with E-state index in [0.29, 0.717) is 5.41 Å². The van der Waals surface area contributed by atoms with Gasteiger partial charge in [0.1, 0.15) is 0 Å². The van der Waals surface area contributed by atoms with Crippen molar-refractivity contribution < 1.29 is 0 Å². The predicted octanol–water partition coefficient (Wildman–Crippen LogP) is 7.29. The van der Waals surface area contributed by atoms with Crippen LogP contribution in [-0.2, 0) is 0 Å². The maximum atomic E-state index is 2.65. The lowest BCUT2D eigenvalue weighted by atomic mass is 9.63.